The lowest BCUT2D eigenvalue weighted by atomic mass is 9.64. The van der Waals surface area contributed by atoms with Crippen molar-refractivity contribution >= 4 is 0 Å². The molecule has 4 unspecified atom stereocenters. The largest absolute Gasteiger partial charge is 0.494 e. The Bertz CT molecular complexity index is 565. The number of ether oxygens (including phenoxy) is 1. The fourth-order valence-corrected chi connectivity index (χ4v) is 4.79. The Morgan fingerprint density at radius 1 is 1.12 bits per heavy atom. The second kappa shape index (κ2) is 8.18. The van der Waals surface area contributed by atoms with Crippen LogP contribution in [0, 0.1) is 23.6 Å². The Hall–Kier alpha value is -1.31. The Kier molecular flexibility index (Phi) is 5.97. The molecule has 2 heteroatoms. The highest BCUT2D eigenvalue weighted by atomic mass is 19.1. The smallest absolute Gasteiger partial charge is 0.165 e. The molecule has 2 saturated carbocycles. The van der Waals surface area contributed by atoms with Crippen molar-refractivity contribution in [2.45, 2.75) is 64.2 Å². The number of fused-ring (bicyclic) bond motifs is 1. The molecule has 0 spiro atoms. The lowest BCUT2D eigenvalue weighted by molar-refractivity contribution is 0.133. The zero-order valence-corrected chi connectivity index (χ0v) is 15.1. The third-order valence-electron chi connectivity index (χ3n) is 6.16. The summed E-state index contributed by atoms with van der Waals surface area (Å²) >= 11 is 0. The van der Waals surface area contributed by atoms with Crippen LogP contribution in [0.15, 0.2) is 30.4 Å². The van der Waals surface area contributed by atoms with E-state index in [1.54, 1.807) is 12.1 Å². The fraction of sp³-hybridized carbons (Fsp3) is 0.636. The Balaban J connectivity index is 1.59. The monoisotopic (exact) mass is 330 g/mol. The average Bonchev–Trinajstić information content (AvgIpc) is 2.61. The molecule has 0 aliphatic heterocycles. The lowest BCUT2D eigenvalue weighted by Crippen LogP contribution is -2.30. The molecule has 4 atom stereocenters. The third kappa shape index (κ3) is 4.02. The number of allylic oxidation sites excluding steroid dienone is 2. The summed E-state index contributed by atoms with van der Waals surface area (Å²) in [7, 11) is 1.52. The summed E-state index contributed by atoms with van der Waals surface area (Å²) in [5.41, 5.74) is 1.16. The summed E-state index contributed by atoms with van der Waals surface area (Å²) in [6, 6.07) is 5.54. The molecule has 2 aliphatic carbocycles. The van der Waals surface area contributed by atoms with Crippen LogP contribution < -0.4 is 4.74 Å². The molecule has 0 aromatic heterocycles. The van der Waals surface area contributed by atoms with Gasteiger partial charge in [0.25, 0.3) is 0 Å². The first kappa shape index (κ1) is 17.5. The number of hydrogen-bond donors (Lipinski definition) is 0. The number of methoxy groups -OCH3 is 1. The first-order valence-corrected chi connectivity index (χ1v) is 9.71. The van der Waals surface area contributed by atoms with Gasteiger partial charge in [0.2, 0.25) is 0 Å². The summed E-state index contributed by atoms with van der Waals surface area (Å²) in [4.78, 5) is 0. The minimum absolute atomic E-state index is 0.220. The van der Waals surface area contributed by atoms with Gasteiger partial charge in [-0.15, -0.1) is 0 Å². The van der Waals surface area contributed by atoms with Crippen molar-refractivity contribution in [1.29, 1.82) is 0 Å². The molecule has 0 saturated heterocycles. The van der Waals surface area contributed by atoms with Gasteiger partial charge < -0.3 is 4.74 Å². The number of halogens is 1. The van der Waals surface area contributed by atoms with Crippen LogP contribution in [0.3, 0.4) is 0 Å². The molecule has 1 nitrogen and oxygen atoms in total. The van der Waals surface area contributed by atoms with Crippen molar-refractivity contribution in [2.75, 3.05) is 7.11 Å². The van der Waals surface area contributed by atoms with Crippen molar-refractivity contribution in [1.82, 2.24) is 0 Å². The molecule has 0 radical (unpaired) electrons. The van der Waals surface area contributed by atoms with Crippen LogP contribution in [-0.4, -0.2) is 7.11 Å². The molecule has 2 aliphatic rings. The van der Waals surface area contributed by atoms with E-state index in [1.807, 2.05) is 0 Å². The predicted octanol–water partition coefficient (Wildman–Crippen LogP) is 6.49. The summed E-state index contributed by atoms with van der Waals surface area (Å²) < 4.78 is 19.0. The van der Waals surface area contributed by atoms with Crippen molar-refractivity contribution in [3.05, 3.63) is 41.7 Å². The summed E-state index contributed by atoms with van der Waals surface area (Å²) in [6.07, 6.45) is 15.1. The maximum Gasteiger partial charge on any atom is 0.165 e. The van der Waals surface area contributed by atoms with E-state index >= 15 is 0 Å². The van der Waals surface area contributed by atoms with Crippen LogP contribution >= 0.6 is 0 Å². The van der Waals surface area contributed by atoms with Crippen molar-refractivity contribution < 1.29 is 9.13 Å². The van der Waals surface area contributed by atoms with E-state index in [4.69, 9.17) is 4.74 Å². The van der Waals surface area contributed by atoms with Crippen LogP contribution in [0.5, 0.6) is 5.75 Å². The van der Waals surface area contributed by atoms with E-state index < -0.39 is 0 Å². The van der Waals surface area contributed by atoms with Gasteiger partial charge in [-0.05, 0) is 86.3 Å². The molecule has 1 aromatic rings. The minimum Gasteiger partial charge on any atom is -0.494 e. The molecule has 3 rings (SSSR count). The maximum absolute atomic E-state index is 14.0. The van der Waals surface area contributed by atoms with Crippen molar-refractivity contribution in [3.63, 3.8) is 0 Å². The second-order valence-corrected chi connectivity index (χ2v) is 7.71. The quantitative estimate of drug-likeness (QED) is 0.561. The highest BCUT2D eigenvalue weighted by molar-refractivity contribution is 5.31. The fourth-order valence-electron chi connectivity index (χ4n) is 4.79. The van der Waals surface area contributed by atoms with Gasteiger partial charge in [-0.25, -0.2) is 4.39 Å². The zero-order chi connectivity index (χ0) is 16.9. The average molecular weight is 330 g/mol. The summed E-state index contributed by atoms with van der Waals surface area (Å²) in [5.74, 6) is 3.18. The zero-order valence-electron chi connectivity index (χ0n) is 15.1. The van der Waals surface area contributed by atoms with Gasteiger partial charge in [-0.1, -0.05) is 31.6 Å². The van der Waals surface area contributed by atoms with Crippen molar-refractivity contribution in [2.24, 2.45) is 17.8 Å². The Morgan fingerprint density at radius 3 is 2.67 bits per heavy atom. The molecule has 0 amide bonds. The van der Waals surface area contributed by atoms with E-state index in [9.17, 15) is 4.39 Å². The van der Waals surface area contributed by atoms with Gasteiger partial charge in [0.15, 0.2) is 11.6 Å². The molecule has 24 heavy (non-hydrogen) atoms. The molecule has 0 N–H and O–H groups in total. The van der Waals surface area contributed by atoms with E-state index in [0.29, 0.717) is 11.7 Å². The predicted molar refractivity (Wildman–Crippen MR) is 97.9 cm³/mol. The van der Waals surface area contributed by atoms with E-state index in [0.717, 1.165) is 23.3 Å². The van der Waals surface area contributed by atoms with Gasteiger partial charge in [0, 0.05) is 0 Å². The topological polar surface area (TPSA) is 9.23 Å². The van der Waals surface area contributed by atoms with E-state index in [2.05, 4.69) is 25.1 Å². The number of hydrogen-bond acceptors (Lipinski definition) is 1. The SMILES string of the molecule is CCC/C=C/C1CCC2CC(c3ccc(OC)c(F)c3)CCC2C1. The highest BCUT2D eigenvalue weighted by Gasteiger charge is 2.35. The number of rotatable bonds is 5. The van der Waals surface area contributed by atoms with E-state index in [1.165, 1.54) is 58.5 Å². The summed E-state index contributed by atoms with van der Waals surface area (Å²) in [5, 5.41) is 0. The van der Waals surface area contributed by atoms with Gasteiger partial charge in [0.1, 0.15) is 0 Å². The molecule has 2 fully saturated rings. The van der Waals surface area contributed by atoms with Gasteiger partial charge in [-0.2, -0.15) is 0 Å². The molecular weight excluding hydrogens is 299 g/mol. The minimum atomic E-state index is -0.220. The Morgan fingerprint density at radius 2 is 1.92 bits per heavy atom. The van der Waals surface area contributed by atoms with Gasteiger partial charge in [0.05, 0.1) is 7.11 Å². The van der Waals surface area contributed by atoms with Crippen LogP contribution in [0.4, 0.5) is 4.39 Å². The maximum atomic E-state index is 14.0. The molecule has 0 bridgehead atoms. The molecule has 0 heterocycles. The first-order valence-electron chi connectivity index (χ1n) is 9.71. The lowest BCUT2D eigenvalue weighted by Gasteiger charge is -2.42. The Labute approximate surface area is 146 Å². The second-order valence-electron chi connectivity index (χ2n) is 7.71. The van der Waals surface area contributed by atoms with Crippen LogP contribution in [0.25, 0.3) is 0 Å². The van der Waals surface area contributed by atoms with Crippen LogP contribution in [-0.2, 0) is 0 Å². The normalized spacial score (nSPS) is 30.3. The van der Waals surface area contributed by atoms with Crippen LogP contribution in [0.1, 0.15) is 69.8 Å². The van der Waals surface area contributed by atoms with Crippen molar-refractivity contribution in [3.8, 4) is 5.75 Å². The number of benzene rings is 1. The highest BCUT2D eigenvalue weighted by Crippen LogP contribution is 2.48. The molecule has 132 valence electrons. The number of unbranched alkanes of at least 4 members (excludes halogenated alkanes) is 1. The van der Waals surface area contributed by atoms with Gasteiger partial charge in [-0.3, -0.25) is 0 Å². The first-order chi connectivity index (χ1) is 11.7. The summed E-state index contributed by atoms with van der Waals surface area (Å²) in [6.45, 7) is 2.24. The molecule has 1 aromatic carbocycles. The van der Waals surface area contributed by atoms with E-state index in [-0.39, 0.29) is 5.82 Å². The third-order valence-corrected chi connectivity index (χ3v) is 6.16. The van der Waals surface area contributed by atoms with Gasteiger partial charge >= 0.3 is 0 Å². The van der Waals surface area contributed by atoms with Crippen LogP contribution in [0.2, 0.25) is 0 Å². The molecular formula is C22H31FO. The standard InChI is InChI=1S/C22H31FO/c1-3-4-5-6-16-7-8-18-14-19(10-9-17(18)13-16)20-11-12-22(24-2)21(23)15-20/h5-6,11-12,15-19H,3-4,7-10,13-14H2,1-2H3/b6-5+.